The number of para-hydroxylation sites is 2. The van der Waals surface area contributed by atoms with Crippen LogP contribution in [-0.4, -0.2) is 29.6 Å². The lowest BCUT2D eigenvalue weighted by molar-refractivity contribution is 0.210. The summed E-state index contributed by atoms with van der Waals surface area (Å²) in [5, 5.41) is 14.6. The fourth-order valence-corrected chi connectivity index (χ4v) is 5.15. The number of hydrogen-bond donors (Lipinski definition) is 3. The van der Waals surface area contributed by atoms with Gasteiger partial charge in [0, 0.05) is 23.2 Å². The summed E-state index contributed by atoms with van der Waals surface area (Å²) >= 11 is 0. The summed E-state index contributed by atoms with van der Waals surface area (Å²) in [6, 6.07) is 31.0. The number of nitrogens with one attached hydrogen (secondary N) is 2. The minimum absolute atomic E-state index is 0.231. The topological polar surface area (TPSA) is 121 Å². The van der Waals surface area contributed by atoms with Crippen molar-refractivity contribution in [3.8, 4) is 0 Å². The molecule has 0 aliphatic carbocycles. The van der Waals surface area contributed by atoms with Crippen LogP contribution in [0.3, 0.4) is 0 Å². The van der Waals surface area contributed by atoms with Crippen molar-refractivity contribution in [3.05, 3.63) is 116 Å². The number of nitrogens with zero attached hydrogens (tertiary/aromatic N) is 2. The fourth-order valence-electron chi connectivity index (χ4n) is 4.05. The molecule has 2 aromatic heterocycles. The van der Waals surface area contributed by atoms with E-state index in [2.05, 4.69) is 20.0 Å². The first kappa shape index (κ1) is 24.7. The number of pyridine rings is 2. The molecule has 188 valence electrons. The predicted octanol–water partition coefficient (Wildman–Crippen LogP) is 6.51. The van der Waals surface area contributed by atoms with Gasteiger partial charge in [-0.25, -0.2) is 13.2 Å². The van der Waals surface area contributed by atoms with Crippen LogP contribution in [0.4, 0.5) is 16.2 Å². The van der Waals surface area contributed by atoms with Gasteiger partial charge in [-0.1, -0.05) is 66.7 Å². The molecular formula is C29H22N4O4S. The number of sulfonamides is 1. The highest BCUT2D eigenvalue weighted by atomic mass is 32.2. The molecule has 0 spiro atoms. The highest BCUT2D eigenvalue weighted by molar-refractivity contribution is 7.92. The second-order valence-corrected chi connectivity index (χ2v) is 9.99. The standard InChI is InChI=1S/C19H14N2O2S.C10H8N2O2/c22-24(23,17-11-10-14-5-1-2-6-16(14)13-17)21-18-9-3-7-15-8-4-12-20-19(15)18;13-10(14)12-8-5-1-3-7-4-2-6-11-9(7)8/h1-13,21H;1-6,12H,(H,13,14). The summed E-state index contributed by atoms with van der Waals surface area (Å²) in [6.45, 7) is 0. The Morgan fingerprint density at radius 3 is 1.84 bits per heavy atom. The average molecular weight is 523 g/mol. The van der Waals surface area contributed by atoms with Gasteiger partial charge >= 0.3 is 6.09 Å². The normalized spacial score (nSPS) is 11.1. The van der Waals surface area contributed by atoms with Crippen molar-refractivity contribution in [2.45, 2.75) is 4.90 Å². The van der Waals surface area contributed by atoms with Gasteiger partial charge in [-0.15, -0.1) is 0 Å². The van der Waals surface area contributed by atoms with Crippen LogP contribution in [0.2, 0.25) is 0 Å². The first-order valence-corrected chi connectivity index (χ1v) is 13.1. The van der Waals surface area contributed by atoms with Crippen LogP contribution in [0.1, 0.15) is 0 Å². The Balaban J connectivity index is 0.000000179. The lowest BCUT2D eigenvalue weighted by atomic mass is 10.1. The maximum Gasteiger partial charge on any atom is 0.409 e. The van der Waals surface area contributed by atoms with E-state index in [1.807, 2.05) is 72.8 Å². The van der Waals surface area contributed by atoms with Crippen LogP contribution in [-0.2, 0) is 10.0 Å². The van der Waals surface area contributed by atoms with Crippen LogP contribution < -0.4 is 10.0 Å². The molecule has 0 saturated carbocycles. The molecule has 6 rings (SSSR count). The van der Waals surface area contributed by atoms with Crippen LogP contribution in [0, 0.1) is 0 Å². The summed E-state index contributed by atoms with van der Waals surface area (Å²) < 4.78 is 28.2. The summed E-state index contributed by atoms with van der Waals surface area (Å²) in [7, 11) is -3.69. The molecule has 1 amide bonds. The zero-order valence-electron chi connectivity index (χ0n) is 19.9. The van der Waals surface area contributed by atoms with Gasteiger partial charge in [0.1, 0.15) is 0 Å². The monoisotopic (exact) mass is 522 g/mol. The molecule has 0 saturated heterocycles. The lowest BCUT2D eigenvalue weighted by Crippen LogP contribution is -2.13. The van der Waals surface area contributed by atoms with E-state index in [0.717, 1.165) is 21.5 Å². The van der Waals surface area contributed by atoms with Gasteiger partial charge in [-0.3, -0.25) is 20.0 Å². The molecule has 2 heterocycles. The third-order valence-corrected chi connectivity index (χ3v) is 7.15. The first-order chi connectivity index (χ1) is 18.4. The van der Waals surface area contributed by atoms with E-state index in [1.165, 1.54) is 0 Å². The van der Waals surface area contributed by atoms with E-state index in [-0.39, 0.29) is 4.90 Å². The van der Waals surface area contributed by atoms with Crippen LogP contribution >= 0.6 is 0 Å². The Bertz CT molecular complexity index is 1880. The number of rotatable bonds is 4. The van der Waals surface area contributed by atoms with Crippen LogP contribution in [0.25, 0.3) is 32.6 Å². The smallest absolute Gasteiger partial charge is 0.409 e. The molecule has 0 bridgehead atoms. The number of anilines is 2. The molecule has 3 N–H and O–H groups in total. The lowest BCUT2D eigenvalue weighted by Gasteiger charge is -2.10. The van der Waals surface area contributed by atoms with Gasteiger partial charge in [-0.2, -0.15) is 0 Å². The molecule has 0 unspecified atom stereocenters. The molecule has 8 nitrogen and oxygen atoms in total. The number of carbonyl (C=O) groups is 1. The summed E-state index contributed by atoms with van der Waals surface area (Å²) in [4.78, 5) is 19.1. The summed E-state index contributed by atoms with van der Waals surface area (Å²) in [6.07, 6.45) is 2.20. The Morgan fingerprint density at radius 2 is 1.18 bits per heavy atom. The van der Waals surface area contributed by atoms with Gasteiger partial charge in [0.05, 0.1) is 27.3 Å². The highest BCUT2D eigenvalue weighted by Crippen LogP contribution is 2.25. The van der Waals surface area contributed by atoms with Crippen molar-refractivity contribution >= 4 is 60.1 Å². The quantitative estimate of drug-likeness (QED) is 0.243. The Kier molecular flexibility index (Phi) is 6.84. The van der Waals surface area contributed by atoms with Crippen molar-refractivity contribution < 1.29 is 18.3 Å². The predicted molar refractivity (Wildman–Crippen MR) is 150 cm³/mol. The molecule has 0 aliphatic rings. The third-order valence-electron chi connectivity index (χ3n) is 5.78. The van der Waals surface area contributed by atoms with Crippen molar-refractivity contribution in [2.75, 3.05) is 10.0 Å². The SMILES string of the molecule is O=C(O)Nc1cccc2cccnc12.O=S(=O)(Nc1cccc2cccnc12)c1ccc2ccccc2c1. The highest BCUT2D eigenvalue weighted by Gasteiger charge is 2.16. The number of amides is 1. The van der Waals surface area contributed by atoms with Gasteiger partial charge in [0.25, 0.3) is 10.0 Å². The zero-order chi connectivity index (χ0) is 26.5. The molecule has 38 heavy (non-hydrogen) atoms. The van der Waals surface area contributed by atoms with E-state index in [1.54, 1.807) is 42.7 Å². The second-order valence-electron chi connectivity index (χ2n) is 8.31. The van der Waals surface area contributed by atoms with Crippen LogP contribution in [0.5, 0.6) is 0 Å². The summed E-state index contributed by atoms with van der Waals surface area (Å²) in [5.74, 6) is 0. The molecule has 4 aromatic carbocycles. The molecule has 0 atom stereocenters. The minimum atomic E-state index is -3.69. The zero-order valence-corrected chi connectivity index (χ0v) is 20.8. The average Bonchev–Trinajstić information content (AvgIpc) is 2.93. The first-order valence-electron chi connectivity index (χ1n) is 11.6. The van der Waals surface area contributed by atoms with Crippen molar-refractivity contribution in [1.82, 2.24) is 9.97 Å². The molecule has 0 radical (unpaired) electrons. The number of aromatic nitrogens is 2. The number of fused-ring (bicyclic) bond motifs is 3. The van der Waals surface area contributed by atoms with Crippen molar-refractivity contribution in [2.24, 2.45) is 0 Å². The Morgan fingerprint density at radius 1 is 0.632 bits per heavy atom. The van der Waals surface area contributed by atoms with Gasteiger partial charge in [-0.05, 0) is 47.2 Å². The Labute approximate surface area is 218 Å². The van der Waals surface area contributed by atoms with E-state index in [9.17, 15) is 13.2 Å². The maximum absolute atomic E-state index is 12.8. The van der Waals surface area contributed by atoms with Gasteiger partial charge in [0.2, 0.25) is 0 Å². The van der Waals surface area contributed by atoms with Gasteiger partial charge < -0.3 is 5.11 Å². The van der Waals surface area contributed by atoms with E-state index < -0.39 is 16.1 Å². The van der Waals surface area contributed by atoms with Crippen LogP contribution in [0.15, 0.2) is 120 Å². The Hall–Kier alpha value is -5.02. The molecule has 9 heteroatoms. The second kappa shape index (κ2) is 10.5. The minimum Gasteiger partial charge on any atom is -0.465 e. The number of hydrogen-bond acceptors (Lipinski definition) is 5. The van der Waals surface area contributed by atoms with E-state index in [4.69, 9.17) is 5.11 Å². The fraction of sp³-hybridized carbons (Fsp3) is 0. The largest absolute Gasteiger partial charge is 0.465 e. The molecule has 0 aliphatic heterocycles. The van der Waals surface area contributed by atoms with E-state index >= 15 is 0 Å². The number of benzene rings is 4. The molecule has 0 fully saturated rings. The van der Waals surface area contributed by atoms with Crippen molar-refractivity contribution in [3.63, 3.8) is 0 Å². The molecular weight excluding hydrogens is 500 g/mol. The van der Waals surface area contributed by atoms with E-state index in [0.29, 0.717) is 22.4 Å². The van der Waals surface area contributed by atoms with Gasteiger partial charge in [0.15, 0.2) is 0 Å². The summed E-state index contributed by atoms with van der Waals surface area (Å²) in [5.41, 5.74) is 2.28. The third kappa shape index (κ3) is 5.37. The molecule has 6 aromatic rings. The number of carboxylic acid groups (broad SMARTS) is 1. The maximum atomic E-state index is 12.8. The van der Waals surface area contributed by atoms with Crippen molar-refractivity contribution in [1.29, 1.82) is 0 Å².